The Bertz CT molecular complexity index is 399. The number of piperidine rings is 1. The molecular weight excluding hydrogens is 252 g/mol. The van der Waals surface area contributed by atoms with E-state index in [9.17, 15) is 14.7 Å². The normalized spacial score (nSPS) is 25.7. The molecule has 0 bridgehead atoms. The minimum Gasteiger partial charge on any atom is -0.477 e. The van der Waals surface area contributed by atoms with Crippen LogP contribution < -0.4 is 0 Å². The fourth-order valence-electron chi connectivity index (χ4n) is 2.44. The lowest BCUT2D eigenvalue weighted by Crippen LogP contribution is -2.45. The van der Waals surface area contributed by atoms with Crippen molar-refractivity contribution in [2.24, 2.45) is 11.1 Å². The van der Waals surface area contributed by atoms with Crippen LogP contribution in [0.4, 0.5) is 0 Å². The van der Waals surface area contributed by atoms with E-state index in [1.54, 1.807) is 11.8 Å². The van der Waals surface area contributed by atoms with Crippen LogP contribution in [-0.2, 0) is 14.4 Å². The molecule has 0 saturated carbocycles. The van der Waals surface area contributed by atoms with Crippen LogP contribution in [0.5, 0.6) is 0 Å². The molecule has 0 aromatic heterocycles. The van der Waals surface area contributed by atoms with Crippen molar-refractivity contribution < 1.29 is 24.6 Å². The number of nitrogens with zero attached hydrogens (tertiary/aromatic N) is 2. The van der Waals surface area contributed by atoms with E-state index in [2.05, 4.69) is 5.16 Å². The Labute approximate surface area is 110 Å². The summed E-state index contributed by atoms with van der Waals surface area (Å²) in [5.74, 6) is -1.15. The quantitative estimate of drug-likeness (QED) is 0.742. The van der Waals surface area contributed by atoms with Gasteiger partial charge in [0.05, 0.1) is 6.10 Å². The van der Waals surface area contributed by atoms with Gasteiger partial charge in [-0.3, -0.25) is 4.79 Å². The number of carbonyl (C=O) groups is 2. The van der Waals surface area contributed by atoms with E-state index in [1.807, 2.05) is 0 Å². The highest BCUT2D eigenvalue weighted by Crippen LogP contribution is 2.22. The predicted octanol–water partition coefficient (Wildman–Crippen LogP) is -0.165. The van der Waals surface area contributed by atoms with Gasteiger partial charge in [0.15, 0.2) is 5.71 Å². The van der Waals surface area contributed by atoms with E-state index in [1.165, 1.54) is 0 Å². The van der Waals surface area contributed by atoms with Crippen molar-refractivity contribution in [3.8, 4) is 0 Å². The third kappa shape index (κ3) is 3.04. The fourth-order valence-corrected chi connectivity index (χ4v) is 2.44. The molecular formula is C12H18N2O5. The predicted molar refractivity (Wildman–Crippen MR) is 65.5 cm³/mol. The Morgan fingerprint density at radius 3 is 2.53 bits per heavy atom. The molecule has 2 rings (SSSR count). The van der Waals surface area contributed by atoms with Crippen molar-refractivity contribution >= 4 is 17.6 Å². The topological polar surface area (TPSA) is 99.4 Å². The van der Waals surface area contributed by atoms with Crippen molar-refractivity contribution in [2.45, 2.75) is 38.4 Å². The van der Waals surface area contributed by atoms with Gasteiger partial charge in [-0.1, -0.05) is 5.16 Å². The summed E-state index contributed by atoms with van der Waals surface area (Å²) in [7, 11) is 0. The number of likely N-dealkylation sites (tertiary alicyclic amines) is 1. The number of oxime groups is 1. The first-order chi connectivity index (χ1) is 8.99. The Morgan fingerprint density at radius 1 is 1.42 bits per heavy atom. The van der Waals surface area contributed by atoms with E-state index in [0.717, 1.165) is 12.8 Å². The van der Waals surface area contributed by atoms with Crippen LogP contribution in [0.3, 0.4) is 0 Å². The minimum atomic E-state index is -1.15. The molecule has 2 unspecified atom stereocenters. The van der Waals surface area contributed by atoms with Crippen molar-refractivity contribution in [1.29, 1.82) is 0 Å². The highest BCUT2D eigenvalue weighted by atomic mass is 16.6. The summed E-state index contributed by atoms with van der Waals surface area (Å²) in [6.45, 7) is 2.89. The summed E-state index contributed by atoms with van der Waals surface area (Å²) in [6.07, 6.45) is 0.354. The first-order valence-electron chi connectivity index (χ1n) is 6.42. The lowest BCUT2D eigenvalue weighted by molar-refractivity contribution is -0.144. The van der Waals surface area contributed by atoms with Crippen LogP contribution in [0, 0.1) is 5.92 Å². The maximum Gasteiger partial charge on any atom is 0.353 e. The van der Waals surface area contributed by atoms with Crippen LogP contribution in [-0.4, -0.2) is 58.0 Å². The van der Waals surface area contributed by atoms with Crippen LogP contribution in [0.1, 0.15) is 26.2 Å². The summed E-state index contributed by atoms with van der Waals surface area (Å²) < 4.78 is 0. The number of carbonyl (C=O) groups excluding carboxylic acids is 1. The van der Waals surface area contributed by atoms with Crippen LogP contribution in [0.25, 0.3) is 0 Å². The SMILES string of the molecule is CC(O)C1CCN(C(=O)C2CC(C(=O)O)=NO2)CC1. The highest BCUT2D eigenvalue weighted by Gasteiger charge is 2.36. The number of aliphatic hydroxyl groups excluding tert-OH is 1. The summed E-state index contributed by atoms with van der Waals surface area (Å²) in [5, 5.41) is 21.7. The van der Waals surface area contributed by atoms with Gasteiger partial charge in [0.1, 0.15) is 0 Å². The molecule has 2 aliphatic heterocycles. The lowest BCUT2D eigenvalue weighted by atomic mass is 9.92. The van der Waals surface area contributed by atoms with Crippen LogP contribution in [0.15, 0.2) is 5.16 Å². The van der Waals surface area contributed by atoms with Gasteiger partial charge in [-0.2, -0.15) is 0 Å². The summed E-state index contributed by atoms with van der Waals surface area (Å²) in [5.41, 5.74) is -0.114. The molecule has 7 heteroatoms. The van der Waals surface area contributed by atoms with E-state index in [-0.39, 0.29) is 30.1 Å². The van der Waals surface area contributed by atoms with Gasteiger partial charge in [0.2, 0.25) is 6.10 Å². The van der Waals surface area contributed by atoms with Gasteiger partial charge in [-0.05, 0) is 25.7 Å². The molecule has 0 aliphatic carbocycles. The van der Waals surface area contributed by atoms with E-state index in [0.29, 0.717) is 13.1 Å². The first-order valence-corrected chi connectivity index (χ1v) is 6.42. The zero-order valence-electron chi connectivity index (χ0n) is 10.8. The zero-order chi connectivity index (χ0) is 14.0. The number of aliphatic carboxylic acids is 1. The average Bonchev–Trinajstić information content (AvgIpc) is 2.87. The number of carboxylic acid groups (broad SMARTS) is 1. The second-order valence-corrected chi connectivity index (χ2v) is 5.04. The standard InChI is InChI=1S/C12H18N2O5/c1-7(15)8-2-4-14(5-3-8)11(16)10-6-9(12(17)18)13-19-10/h7-8,10,15H,2-6H2,1H3,(H,17,18). The fraction of sp³-hybridized carbons (Fsp3) is 0.750. The van der Waals surface area contributed by atoms with Gasteiger partial charge in [-0.15, -0.1) is 0 Å². The molecule has 0 aromatic carbocycles. The van der Waals surface area contributed by atoms with Gasteiger partial charge in [0.25, 0.3) is 5.91 Å². The third-order valence-electron chi connectivity index (χ3n) is 3.72. The molecule has 7 nitrogen and oxygen atoms in total. The van der Waals surface area contributed by atoms with Gasteiger partial charge < -0.3 is 20.0 Å². The van der Waals surface area contributed by atoms with Gasteiger partial charge >= 0.3 is 5.97 Å². The molecule has 0 spiro atoms. The Kier molecular flexibility index (Phi) is 4.04. The van der Waals surface area contributed by atoms with Gasteiger partial charge in [-0.25, -0.2) is 4.79 Å². The lowest BCUT2D eigenvalue weighted by Gasteiger charge is -2.34. The molecule has 2 N–H and O–H groups in total. The smallest absolute Gasteiger partial charge is 0.353 e. The minimum absolute atomic E-state index is 0.0184. The molecule has 106 valence electrons. The summed E-state index contributed by atoms with van der Waals surface area (Å²) in [4.78, 5) is 29.4. The van der Waals surface area contributed by atoms with E-state index in [4.69, 9.17) is 9.94 Å². The van der Waals surface area contributed by atoms with Gasteiger partial charge in [0, 0.05) is 19.5 Å². The summed E-state index contributed by atoms with van der Waals surface area (Å²) >= 11 is 0. The van der Waals surface area contributed by atoms with Crippen molar-refractivity contribution in [3.05, 3.63) is 0 Å². The number of aliphatic hydroxyl groups is 1. The molecule has 1 fully saturated rings. The molecule has 0 aromatic rings. The maximum atomic E-state index is 12.1. The highest BCUT2D eigenvalue weighted by molar-refractivity contribution is 6.36. The number of amides is 1. The van der Waals surface area contributed by atoms with Crippen molar-refractivity contribution in [2.75, 3.05) is 13.1 Å². The molecule has 0 radical (unpaired) electrons. The second-order valence-electron chi connectivity index (χ2n) is 5.04. The Morgan fingerprint density at radius 2 is 2.05 bits per heavy atom. The zero-order valence-corrected chi connectivity index (χ0v) is 10.8. The first kappa shape index (κ1) is 13.8. The van der Waals surface area contributed by atoms with Crippen LogP contribution >= 0.6 is 0 Å². The number of carboxylic acids is 1. The largest absolute Gasteiger partial charge is 0.477 e. The molecule has 1 saturated heterocycles. The number of hydrogen-bond acceptors (Lipinski definition) is 5. The van der Waals surface area contributed by atoms with E-state index < -0.39 is 12.1 Å². The summed E-state index contributed by atoms with van der Waals surface area (Å²) in [6, 6.07) is 0. The average molecular weight is 270 g/mol. The second kappa shape index (κ2) is 5.56. The molecule has 2 aliphatic rings. The van der Waals surface area contributed by atoms with E-state index >= 15 is 0 Å². The Balaban J connectivity index is 1.84. The maximum absolute atomic E-state index is 12.1. The molecule has 2 heterocycles. The molecule has 1 amide bonds. The third-order valence-corrected chi connectivity index (χ3v) is 3.72. The van der Waals surface area contributed by atoms with Crippen molar-refractivity contribution in [3.63, 3.8) is 0 Å². The molecule has 19 heavy (non-hydrogen) atoms. The monoisotopic (exact) mass is 270 g/mol. The molecule has 2 atom stereocenters. The number of rotatable bonds is 3. The Hall–Kier alpha value is -1.63. The number of hydrogen-bond donors (Lipinski definition) is 2. The van der Waals surface area contributed by atoms with Crippen LogP contribution in [0.2, 0.25) is 0 Å². The van der Waals surface area contributed by atoms with Crippen molar-refractivity contribution in [1.82, 2.24) is 4.90 Å².